The van der Waals surface area contributed by atoms with Crippen molar-refractivity contribution in [2.45, 2.75) is 64.5 Å². The number of hydrogen-bond acceptors (Lipinski definition) is 26. The number of aromatic nitrogens is 6. The fourth-order valence-corrected chi connectivity index (χ4v) is 10.8. The lowest BCUT2D eigenvalue weighted by Crippen LogP contribution is -2.19. The lowest BCUT2D eigenvalue weighted by molar-refractivity contribution is 0.258. The average Bonchev–Trinajstić information content (AvgIpc) is 1.88. The number of benzene rings is 6. The van der Waals surface area contributed by atoms with E-state index in [1.165, 1.54) is 60.7 Å². The molecule has 0 radical (unpaired) electrons. The van der Waals surface area contributed by atoms with Gasteiger partial charge in [-0.3, -0.25) is 18.2 Å². The fraction of sp³-hybridized carbons (Fsp3) is 0.149. The standard InChI is InChI=1S/C47H40F2N14O14S4.2O3S/c48-44-56-40(54-42(58-44)17-24-9-13-32(34(15-24)52-46(50)64)61-60-28-12-11-27-19-29(78(66,67)68)22-38(30(27)21-28)80(72,73)74)7-2-1-3-8-41-55-43(59-45(49)57-41)18-25-10-14-33(35(16-25)53-47(51)65)62-63-36-23-31-26(20-39(36)81(75,76)77)5-4-6-37(31)79(69,70)71;2*1-4(2)3/h4-6,9-16,19-23H,1-3,7-8,17-18H2,(H3,50,52,64)(H3,51,53,65)(H,66,67,68)(H,69,70,71)(H,72,73,74)(H,75,76,77);;. The normalized spacial score (nSPS) is 11.8. The van der Waals surface area contributed by atoms with E-state index in [0.29, 0.717) is 36.5 Å². The highest BCUT2D eigenvalue weighted by atomic mass is 32.2. The van der Waals surface area contributed by atoms with E-state index in [9.17, 15) is 70.3 Å². The molecule has 0 bridgehead atoms. The zero-order valence-electron chi connectivity index (χ0n) is 44.3. The number of rotatable bonds is 20. The van der Waals surface area contributed by atoms with E-state index in [4.69, 9.17) is 36.7 Å². The number of halogens is 2. The number of azo groups is 2. The van der Waals surface area contributed by atoms with Crippen molar-refractivity contribution in [1.29, 1.82) is 0 Å². The third-order valence-electron chi connectivity index (χ3n) is 11.5. The van der Waals surface area contributed by atoms with Gasteiger partial charge >= 0.3 is 45.4 Å². The molecule has 42 heteroatoms. The molecule has 0 aliphatic carbocycles. The minimum atomic E-state index is -5.00. The molecular formula is C47H40F2N14O20S6. The van der Waals surface area contributed by atoms with Crippen LogP contribution in [-0.2, 0) is 87.4 Å². The number of aryl methyl sites for hydroxylation is 2. The van der Waals surface area contributed by atoms with E-state index in [0.717, 1.165) is 24.3 Å². The Bertz CT molecular complexity index is 4890. The predicted octanol–water partition coefficient (Wildman–Crippen LogP) is 5.57. The topological polar surface area (TPSA) is 557 Å². The Balaban J connectivity index is 0.00000149. The summed E-state index contributed by atoms with van der Waals surface area (Å²) in [6.07, 6.45) is -0.524. The van der Waals surface area contributed by atoms with Crippen LogP contribution in [0.1, 0.15) is 53.7 Å². The third kappa shape index (κ3) is 20.5. The Hall–Kier alpha value is -9.66. The number of nitrogens with zero attached hydrogens (tertiary/aromatic N) is 10. The molecule has 2 aromatic heterocycles. The van der Waals surface area contributed by atoms with Crippen molar-refractivity contribution in [1.82, 2.24) is 29.9 Å². The number of nitrogens with one attached hydrogen (secondary N) is 2. The highest BCUT2D eigenvalue weighted by Crippen LogP contribution is 2.37. The van der Waals surface area contributed by atoms with Crippen molar-refractivity contribution >= 4 is 129 Å². The molecule has 0 aliphatic heterocycles. The van der Waals surface area contributed by atoms with Gasteiger partial charge in [0.1, 0.15) is 55.0 Å². The van der Waals surface area contributed by atoms with Crippen LogP contribution in [-0.4, -0.2) is 119 Å². The van der Waals surface area contributed by atoms with Gasteiger partial charge in [-0.15, -0.1) is 40.6 Å². The first-order valence-corrected chi connectivity index (χ1v) is 31.9. The molecule has 0 fully saturated rings. The number of carbonyl (C=O) groups excluding carboxylic acids is 2. The smallest absolute Gasteiger partial charge is 0.351 e. The fourth-order valence-electron chi connectivity index (χ4n) is 8.09. The van der Waals surface area contributed by atoms with Gasteiger partial charge < -0.3 is 22.1 Å². The lowest BCUT2D eigenvalue weighted by Gasteiger charge is -2.10. The first-order chi connectivity index (χ1) is 41.5. The van der Waals surface area contributed by atoms with Gasteiger partial charge in [-0.25, -0.2) is 19.6 Å². The molecule has 89 heavy (non-hydrogen) atoms. The molecular weight excluding hydrogens is 1310 g/mol. The zero-order chi connectivity index (χ0) is 65.8. The molecule has 0 unspecified atom stereocenters. The summed E-state index contributed by atoms with van der Waals surface area (Å²) in [5.74, 6) is 0.249. The van der Waals surface area contributed by atoms with Gasteiger partial charge in [-0.2, -0.15) is 67.5 Å². The quantitative estimate of drug-likeness (QED) is 0.0263. The second-order valence-corrected chi connectivity index (χ2v) is 24.2. The summed E-state index contributed by atoms with van der Waals surface area (Å²) in [7, 11) is -25.8. The molecule has 0 aliphatic rings. The van der Waals surface area contributed by atoms with Gasteiger partial charge in [-0.1, -0.05) is 36.8 Å². The minimum absolute atomic E-state index is 0.00614. The average molecular weight is 1350 g/mol. The van der Waals surface area contributed by atoms with Crippen LogP contribution in [0.2, 0.25) is 0 Å². The first kappa shape index (κ1) is 68.5. The van der Waals surface area contributed by atoms with Crippen LogP contribution in [0, 0.1) is 12.2 Å². The van der Waals surface area contributed by atoms with Crippen molar-refractivity contribution in [3.8, 4) is 0 Å². The molecule has 0 spiro atoms. The number of nitrogens with two attached hydrogens (primary N) is 2. The summed E-state index contributed by atoms with van der Waals surface area (Å²) >= 11 is 0. The van der Waals surface area contributed by atoms with Crippen molar-refractivity contribution in [2.75, 3.05) is 10.6 Å². The molecule has 2 heterocycles. The molecule has 8 aromatic rings. The van der Waals surface area contributed by atoms with Crippen molar-refractivity contribution in [3.63, 3.8) is 0 Å². The van der Waals surface area contributed by atoms with Gasteiger partial charge in [0, 0.05) is 36.5 Å². The second kappa shape index (κ2) is 28.9. The molecule has 4 amide bonds. The Morgan fingerprint density at radius 3 is 1.36 bits per heavy atom. The number of amides is 4. The Morgan fingerprint density at radius 1 is 0.461 bits per heavy atom. The molecule has 8 rings (SSSR count). The van der Waals surface area contributed by atoms with E-state index >= 15 is 0 Å². The van der Waals surface area contributed by atoms with E-state index in [1.807, 2.05) is 0 Å². The van der Waals surface area contributed by atoms with Crippen LogP contribution >= 0.6 is 0 Å². The molecule has 0 saturated carbocycles. The van der Waals surface area contributed by atoms with Gasteiger partial charge in [-0.05, 0) is 101 Å². The SMILES string of the molecule is NC(=O)Nc1cc(Cc2nc(F)nc(CCCCCc3nc(F)nc(Cc4ccc(N=Nc5cc6c(S(=O)(=O)O)cccc6cc5S(=O)(=O)O)c(NC(N)=O)c4)n3)n2)ccc1N=Nc1ccc2cc(S(=O)(=O)O)cc(S(=O)(=O)O)c2c1.O=S(=O)=O.O=S(=O)=O. The predicted molar refractivity (Wildman–Crippen MR) is 301 cm³/mol. The number of primary amides is 2. The highest BCUT2D eigenvalue weighted by molar-refractivity contribution is 7.87. The Morgan fingerprint density at radius 2 is 0.899 bits per heavy atom. The van der Waals surface area contributed by atoms with Crippen molar-refractivity contribution in [2.24, 2.45) is 31.9 Å². The van der Waals surface area contributed by atoms with Crippen molar-refractivity contribution in [3.05, 3.63) is 144 Å². The van der Waals surface area contributed by atoms with Crippen LogP contribution in [0.25, 0.3) is 21.5 Å². The maximum Gasteiger partial charge on any atom is 0.425 e. The molecule has 6 aromatic carbocycles. The van der Waals surface area contributed by atoms with E-state index in [2.05, 4.69) is 61.0 Å². The number of hydrogen-bond donors (Lipinski definition) is 8. The van der Waals surface area contributed by atoms with Crippen LogP contribution in [0.15, 0.2) is 137 Å². The van der Waals surface area contributed by atoms with Gasteiger partial charge in [0.25, 0.3) is 40.5 Å². The van der Waals surface area contributed by atoms with Crippen molar-refractivity contribution < 1.29 is 95.5 Å². The molecule has 0 atom stereocenters. The first-order valence-electron chi connectivity index (χ1n) is 24.1. The molecule has 10 N–H and O–H groups in total. The molecule has 0 saturated heterocycles. The minimum Gasteiger partial charge on any atom is -0.351 e. The molecule has 468 valence electrons. The zero-order valence-corrected chi connectivity index (χ0v) is 49.2. The number of carbonyl (C=O) groups is 2. The summed E-state index contributed by atoms with van der Waals surface area (Å²) in [6.45, 7) is 0. The van der Waals surface area contributed by atoms with Crippen LogP contribution < -0.4 is 22.1 Å². The summed E-state index contributed by atoms with van der Waals surface area (Å²) < 4.78 is 216. The summed E-state index contributed by atoms with van der Waals surface area (Å²) in [5.41, 5.74) is 11.1. The monoisotopic (exact) mass is 1350 g/mol. The summed E-state index contributed by atoms with van der Waals surface area (Å²) in [5, 5.41) is 20.6. The number of fused-ring (bicyclic) bond motifs is 2. The number of urea groups is 2. The second-order valence-electron chi connectivity index (χ2n) is 17.8. The van der Waals surface area contributed by atoms with Gasteiger partial charge in [0.05, 0.1) is 22.0 Å². The summed E-state index contributed by atoms with van der Waals surface area (Å²) in [4.78, 5) is 44.9. The Kier molecular flexibility index (Phi) is 22.2. The third-order valence-corrected chi connectivity index (χ3v) is 15.0. The highest BCUT2D eigenvalue weighted by Gasteiger charge is 2.23. The van der Waals surface area contributed by atoms with Crippen LogP contribution in [0.3, 0.4) is 0 Å². The maximum absolute atomic E-state index is 14.8. The van der Waals surface area contributed by atoms with Gasteiger partial charge in [0.15, 0.2) is 0 Å². The Labute approximate surface area is 502 Å². The maximum atomic E-state index is 14.8. The lowest BCUT2D eigenvalue weighted by atomic mass is 10.1. The van der Waals surface area contributed by atoms with Crippen LogP contribution in [0.4, 0.5) is 52.5 Å². The summed E-state index contributed by atoms with van der Waals surface area (Å²) in [6, 6.07) is 17.5. The van der Waals surface area contributed by atoms with Crippen LogP contribution in [0.5, 0.6) is 0 Å². The van der Waals surface area contributed by atoms with E-state index in [-0.39, 0.29) is 99.0 Å². The van der Waals surface area contributed by atoms with E-state index < -0.39 is 111 Å². The largest absolute Gasteiger partial charge is 0.425 e. The molecule has 34 nitrogen and oxygen atoms in total. The van der Waals surface area contributed by atoms with Gasteiger partial charge in [0.2, 0.25) is 0 Å². The number of unbranched alkanes of at least 4 members (excludes halogenated alkanes) is 2. The van der Waals surface area contributed by atoms with E-state index in [1.54, 1.807) is 6.07 Å². The number of anilines is 2.